The van der Waals surface area contributed by atoms with E-state index in [2.05, 4.69) is 5.32 Å². The lowest BCUT2D eigenvalue weighted by atomic mass is 10.1. The number of phenols is 1. The molecule has 0 radical (unpaired) electrons. The Bertz CT molecular complexity index is 526. The van der Waals surface area contributed by atoms with Crippen LogP contribution in [0.4, 0.5) is 0 Å². The largest absolute Gasteiger partial charge is 0.507 e. The lowest BCUT2D eigenvalue weighted by Gasteiger charge is -2.17. The normalized spacial score (nSPS) is 13.7. The van der Waals surface area contributed by atoms with Crippen LogP contribution in [0.1, 0.15) is 23.2 Å². The standard InChI is InChI=1S/C14H18N2O4/c1-16(8-13(18)15-9-3-4-9)14(19)11-7-10(20-2)5-6-12(11)17/h5-7,9,17H,3-4,8H2,1-2H3,(H,15,18). The molecule has 1 aromatic carbocycles. The van der Waals surface area contributed by atoms with Crippen molar-refractivity contribution in [2.24, 2.45) is 0 Å². The van der Waals surface area contributed by atoms with E-state index in [0.717, 1.165) is 12.8 Å². The summed E-state index contributed by atoms with van der Waals surface area (Å²) in [5, 5.41) is 12.5. The van der Waals surface area contributed by atoms with Gasteiger partial charge in [-0.15, -0.1) is 0 Å². The number of phenolic OH excluding ortho intramolecular Hbond substituents is 1. The molecular weight excluding hydrogens is 260 g/mol. The molecule has 0 unspecified atom stereocenters. The predicted octanol–water partition coefficient (Wildman–Crippen LogP) is 0.751. The van der Waals surface area contributed by atoms with Crippen LogP contribution >= 0.6 is 0 Å². The molecule has 1 fully saturated rings. The van der Waals surface area contributed by atoms with Crippen molar-refractivity contribution in [3.05, 3.63) is 23.8 Å². The number of carbonyl (C=O) groups excluding carboxylic acids is 2. The van der Waals surface area contributed by atoms with Crippen LogP contribution < -0.4 is 10.1 Å². The van der Waals surface area contributed by atoms with Gasteiger partial charge >= 0.3 is 0 Å². The summed E-state index contributed by atoms with van der Waals surface area (Å²) in [7, 11) is 3.00. The van der Waals surface area contributed by atoms with Gasteiger partial charge in [-0.2, -0.15) is 0 Å². The lowest BCUT2D eigenvalue weighted by molar-refractivity contribution is -0.121. The second-order valence-electron chi connectivity index (χ2n) is 4.89. The smallest absolute Gasteiger partial charge is 0.257 e. The molecule has 2 amide bonds. The Balaban J connectivity index is 2.03. The van der Waals surface area contributed by atoms with Crippen LogP contribution in [0.3, 0.4) is 0 Å². The summed E-state index contributed by atoms with van der Waals surface area (Å²) < 4.78 is 5.02. The van der Waals surface area contributed by atoms with Crippen LogP contribution in [0.5, 0.6) is 11.5 Å². The first-order valence-electron chi connectivity index (χ1n) is 6.43. The zero-order valence-electron chi connectivity index (χ0n) is 11.5. The van der Waals surface area contributed by atoms with Crippen molar-refractivity contribution in [1.82, 2.24) is 10.2 Å². The Kier molecular flexibility index (Phi) is 4.12. The minimum Gasteiger partial charge on any atom is -0.507 e. The molecule has 0 heterocycles. The molecule has 6 nitrogen and oxygen atoms in total. The summed E-state index contributed by atoms with van der Waals surface area (Å²) in [4.78, 5) is 25.1. The maximum absolute atomic E-state index is 12.2. The van der Waals surface area contributed by atoms with E-state index in [4.69, 9.17) is 4.74 Å². The number of nitrogens with zero attached hydrogens (tertiary/aromatic N) is 1. The van der Waals surface area contributed by atoms with Crippen molar-refractivity contribution in [1.29, 1.82) is 0 Å². The molecule has 0 atom stereocenters. The molecule has 0 saturated heterocycles. The SMILES string of the molecule is COc1ccc(O)c(C(=O)N(C)CC(=O)NC2CC2)c1. The summed E-state index contributed by atoms with van der Waals surface area (Å²) in [5.74, 6) is -0.273. The van der Waals surface area contributed by atoms with Gasteiger partial charge < -0.3 is 20.1 Å². The summed E-state index contributed by atoms with van der Waals surface area (Å²) in [5.41, 5.74) is 0.117. The van der Waals surface area contributed by atoms with Gasteiger partial charge in [0, 0.05) is 13.1 Å². The third-order valence-corrected chi connectivity index (χ3v) is 3.10. The Labute approximate surface area is 117 Å². The number of hydrogen-bond donors (Lipinski definition) is 2. The summed E-state index contributed by atoms with van der Waals surface area (Å²) in [6, 6.07) is 4.67. The first-order chi connectivity index (χ1) is 9.51. The zero-order chi connectivity index (χ0) is 14.7. The number of ether oxygens (including phenoxy) is 1. The Morgan fingerprint density at radius 2 is 2.15 bits per heavy atom. The van der Waals surface area contributed by atoms with E-state index in [-0.39, 0.29) is 29.8 Å². The molecule has 1 aliphatic rings. The van der Waals surface area contributed by atoms with Gasteiger partial charge in [0.2, 0.25) is 5.91 Å². The first kappa shape index (κ1) is 14.2. The van der Waals surface area contributed by atoms with E-state index in [1.165, 1.54) is 31.2 Å². The Morgan fingerprint density at radius 3 is 2.75 bits per heavy atom. The molecule has 1 aromatic rings. The van der Waals surface area contributed by atoms with E-state index < -0.39 is 5.91 Å². The van der Waals surface area contributed by atoms with E-state index >= 15 is 0 Å². The second kappa shape index (κ2) is 5.81. The van der Waals surface area contributed by atoms with Gasteiger partial charge in [-0.25, -0.2) is 0 Å². The molecule has 1 aliphatic carbocycles. The number of hydrogen-bond acceptors (Lipinski definition) is 4. The van der Waals surface area contributed by atoms with Crippen LogP contribution in [0, 0.1) is 0 Å². The highest BCUT2D eigenvalue weighted by Crippen LogP contribution is 2.24. The van der Waals surface area contributed by atoms with Crippen LogP contribution in [-0.4, -0.2) is 48.6 Å². The van der Waals surface area contributed by atoms with Crippen molar-refractivity contribution < 1.29 is 19.4 Å². The van der Waals surface area contributed by atoms with Crippen LogP contribution in [0.15, 0.2) is 18.2 Å². The Morgan fingerprint density at radius 1 is 1.45 bits per heavy atom. The van der Waals surface area contributed by atoms with Gasteiger partial charge in [-0.3, -0.25) is 9.59 Å². The number of amides is 2. The number of benzene rings is 1. The van der Waals surface area contributed by atoms with E-state index in [9.17, 15) is 14.7 Å². The van der Waals surface area contributed by atoms with Crippen LogP contribution in [0.25, 0.3) is 0 Å². The molecule has 0 aliphatic heterocycles. The number of methoxy groups -OCH3 is 1. The number of likely N-dealkylation sites (N-methyl/N-ethyl adjacent to an activating group) is 1. The van der Waals surface area contributed by atoms with Crippen molar-refractivity contribution in [2.75, 3.05) is 20.7 Å². The first-order valence-corrected chi connectivity index (χ1v) is 6.43. The monoisotopic (exact) mass is 278 g/mol. The quantitative estimate of drug-likeness (QED) is 0.833. The molecule has 20 heavy (non-hydrogen) atoms. The predicted molar refractivity (Wildman–Crippen MR) is 72.8 cm³/mol. The van der Waals surface area contributed by atoms with Gasteiger partial charge in [0.1, 0.15) is 11.5 Å². The Hall–Kier alpha value is -2.24. The van der Waals surface area contributed by atoms with Gasteiger partial charge in [0.15, 0.2) is 0 Å². The highest BCUT2D eigenvalue weighted by atomic mass is 16.5. The molecular formula is C14H18N2O4. The summed E-state index contributed by atoms with van der Waals surface area (Å²) in [6.07, 6.45) is 2.00. The summed E-state index contributed by atoms with van der Waals surface area (Å²) >= 11 is 0. The fraction of sp³-hybridized carbons (Fsp3) is 0.429. The minimum absolute atomic E-state index is 0.0357. The third kappa shape index (κ3) is 3.40. The van der Waals surface area contributed by atoms with Crippen molar-refractivity contribution in [2.45, 2.75) is 18.9 Å². The van der Waals surface area contributed by atoms with Gasteiger partial charge in [-0.05, 0) is 31.0 Å². The van der Waals surface area contributed by atoms with Crippen LogP contribution in [-0.2, 0) is 4.79 Å². The molecule has 2 rings (SSSR count). The van der Waals surface area contributed by atoms with E-state index in [1.54, 1.807) is 6.07 Å². The maximum atomic E-state index is 12.2. The van der Waals surface area contributed by atoms with Crippen molar-refractivity contribution in [3.8, 4) is 11.5 Å². The summed E-state index contributed by atoms with van der Waals surface area (Å²) in [6.45, 7) is -0.0357. The number of aromatic hydroxyl groups is 1. The van der Waals surface area contributed by atoms with Gasteiger partial charge in [0.05, 0.1) is 19.2 Å². The number of carbonyl (C=O) groups is 2. The molecule has 6 heteroatoms. The van der Waals surface area contributed by atoms with E-state index in [1.807, 2.05) is 0 Å². The van der Waals surface area contributed by atoms with Gasteiger partial charge in [0.25, 0.3) is 5.91 Å². The highest BCUT2D eigenvalue weighted by molar-refractivity contribution is 5.98. The second-order valence-corrected chi connectivity index (χ2v) is 4.89. The molecule has 108 valence electrons. The molecule has 0 bridgehead atoms. The van der Waals surface area contributed by atoms with Crippen molar-refractivity contribution >= 4 is 11.8 Å². The zero-order valence-corrected chi connectivity index (χ0v) is 11.5. The molecule has 1 saturated carbocycles. The molecule has 0 aromatic heterocycles. The lowest BCUT2D eigenvalue weighted by Crippen LogP contribution is -2.39. The third-order valence-electron chi connectivity index (χ3n) is 3.10. The topological polar surface area (TPSA) is 78.9 Å². The number of rotatable bonds is 5. The molecule has 2 N–H and O–H groups in total. The van der Waals surface area contributed by atoms with Gasteiger partial charge in [-0.1, -0.05) is 0 Å². The van der Waals surface area contributed by atoms with Crippen molar-refractivity contribution in [3.63, 3.8) is 0 Å². The fourth-order valence-electron chi connectivity index (χ4n) is 1.81. The maximum Gasteiger partial charge on any atom is 0.257 e. The average molecular weight is 278 g/mol. The highest BCUT2D eigenvalue weighted by Gasteiger charge is 2.25. The minimum atomic E-state index is -0.424. The fourth-order valence-corrected chi connectivity index (χ4v) is 1.81. The average Bonchev–Trinajstić information content (AvgIpc) is 3.22. The van der Waals surface area contributed by atoms with Crippen LogP contribution in [0.2, 0.25) is 0 Å². The molecule has 0 spiro atoms. The number of nitrogens with one attached hydrogen (secondary N) is 1. The van der Waals surface area contributed by atoms with E-state index in [0.29, 0.717) is 5.75 Å².